The molecule has 4 rings (SSSR count). The van der Waals surface area contributed by atoms with E-state index in [0.29, 0.717) is 22.8 Å². The van der Waals surface area contributed by atoms with E-state index in [0.717, 1.165) is 37.0 Å². The summed E-state index contributed by atoms with van der Waals surface area (Å²) in [5.41, 5.74) is 2.09. The van der Waals surface area contributed by atoms with Gasteiger partial charge in [-0.3, -0.25) is 9.59 Å². The lowest BCUT2D eigenvalue weighted by Crippen LogP contribution is -2.28. The minimum absolute atomic E-state index is 0.0377. The van der Waals surface area contributed by atoms with Crippen LogP contribution < -0.4 is 14.8 Å². The van der Waals surface area contributed by atoms with Crippen molar-refractivity contribution in [2.24, 2.45) is 5.92 Å². The lowest BCUT2D eigenvalue weighted by Gasteiger charge is -2.27. The van der Waals surface area contributed by atoms with Gasteiger partial charge in [0.05, 0.1) is 31.9 Å². The Morgan fingerprint density at radius 2 is 1.50 bits per heavy atom. The number of amides is 1. The van der Waals surface area contributed by atoms with E-state index in [1.807, 2.05) is 24.3 Å². The molecule has 0 radical (unpaired) electrons. The maximum Gasteiger partial charge on any atom is 0.308 e. The first-order chi connectivity index (χ1) is 16.6. The van der Waals surface area contributed by atoms with Crippen molar-refractivity contribution >= 4 is 17.7 Å². The number of rotatable bonds is 7. The minimum Gasteiger partial charge on any atom is -0.497 e. The van der Waals surface area contributed by atoms with E-state index in [1.165, 1.54) is 7.11 Å². The molecule has 1 N–H and O–H groups in total. The second kappa shape index (κ2) is 10.8. The van der Waals surface area contributed by atoms with E-state index < -0.39 is 0 Å². The Labute approximate surface area is 198 Å². The van der Waals surface area contributed by atoms with Crippen LogP contribution in [0.3, 0.4) is 0 Å². The Hall–Kier alpha value is -3.94. The number of carbonyl (C=O) groups excluding carboxylic acids is 2. The SMILES string of the molecule is COC(=O)C1CCC(Oc2ccc(C(=O)Nc3ccc(-c4ccc(OC)cc4)nn3)cc2)CC1. The number of nitrogens with one attached hydrogen (secondary N) is 1. The summed E-state index contributed by atoms with van der Waals surface area (Å²) in [7, 11) is 3.04. The highest BCUT2D eigenvalue weighted by Crippen LogP contribution is 2.28. The van der Waals surface area contributed by atoms with Crippen LogP contribution in [0.2, 0.25) is 0 Å². The van der Waals surface area contributed by atoms with Crippen molar-refractivity contribution in [3.8, 4) is 22.8 Å². The number of aromatic nitrogens is 2. The lowest BCUT2D eigenvalue weighted by molar-refractivity contribution is -0.147. The van der Waals surface area contributed by atoms with E-state index in [9.17, 15) is 9.59 Å². The average Bonchev–Trinajstić information content (AvgIpc) is 2.89. The molecule has 8 heteroatoms. The second-order valence-corrected chi connectivity index (χ2v) is 8.13. The molecule has 1 amide bonds. The molecule has 8 nitrogen and oxygen atoms in total. The first-order valence-corrected chi connectivity index (χ1v) is 11.2. The van der Waals surface area contributed by atoms with Gasteiger partial charge < -0.3 is 19.5 Å². The van der Waals surface area contributed by atoms with Crippen LogP contribution in [-0.4, -0.2) is 42.4 Å². The van der Waals surface area contributed by atoms with Gasteiger partial charge in [0.1, 0.15) is 11.5 Å². The number of methoxy groups -OCH3 is 2. The summed E-state index contributed by atoms with van der Waals surface area (Å²) in [6, 6.07) is 18.0. The molecule has 1 saturated carbocycles. The van der Waals surface area contributed by atoms with Crippen LogP contribution in [-0.2, 0) is 9.53 Å². The molecule has 0 aliphatic heterocycles. The van der Waals surface area contributed by atoms with Crippen molar-refractivity contribution in [2.75, 3.05) is 19.5 Å². The van der Waals surface area contributed by atoms with E-state index in [1.54, 1.807) is 43.5 Å². The minimum atomic E-state index is -0.281. The van der Waals surface area contributed by atoms with E-state index >= 15 is 0 Å². The van der Waals surface area contributed by atoms with Crippen LogP contribution in [0.15, 0.2) is 60.7 Å². The molecule has 0 unspecified atom stereocenters. The number of nitrogens with zero attached hydrogens (tertiary/aromatic N) is 2. The molecule has 0 atom stereocenters. The molecular weight excluding hydrogens is 434 g/mol. The maximum absolute atomic E-state index is 12.6. The summed E-state index contributed by atoms with van der Waals surface area (Å²) in [5, 5.41) is 11.1. The fraction of sp³-hybridized carbons (Fsp3) is 0.308. The largest absolute Gasteiger partial charge is 0.497 e. The van der Waals surface area contributed by atoms with Gasteiger partial charge in [0, 0.05) is 11.1 Å². The Kier molecular flexibility index (Phi) is 7.37. The average molecular weight is 462 g/mol. The van der Waals surface area contributed by atoms with Crippen molar-refractivity contribution in [1.82, 2.24) is 10.2 Å². The molecule has 0 bridgehead atoms. The van der Waals surface area contributed by atoms with Gasteiger partial charge in [0.15, 0.2) is 5.82 Å². The highest BCUT2D eigenvalue weighted by atomic mass is 16.5. The van der Waals surface area contributed by atoms with Crippen molar-refractivity contribution < 1.29 is 23.8 Å². The molecular formula is C26H27N3O5. The summed E-state index contributed by atoms with van der Waals surface area (Å²) in [5.74, 6) is 1.37. The molecule has 1 fully saturated rings. The number of benzene rings is 2. The molecule has 3 aromatic rings. The number of carbonyl (C=O) groups is 2. The number of esters is 1. The molecule has 34 heavy (non-hydrogen) atoms. The third-order valence-corrected chi connectivity index (χ3v) is 5.92. The standard InChI is InChI=1S/C26H27N3O5/c1-32-20-9-3-17(4-10-20)23-15-16-24(29-28-23)27-25(30)18-5-11-21(12-6-18)34-22-13-7-19(8-14-22)26(31)33-2/h3-6,9-12,15-16,19,22H,7-8,13-14H2,1-2H3,(H,27,29,30). The molecule has 1 aromatic heterocycles. The van der Waals surface area contributed by atoms with Crippen LogP contribution in [0.5, 0.6) is 11.5 Å². The normalized spacial score (nSPS) is 17.5. The summed E-state index contributed by atoms with van der Waals surface area (Å²) in [4.78, 5) is 24.2. The van der Waals surface area contributed by atoms with Gasteiger partial charge in [-0.05, 0) is 86.3 Å². The van der Waals surface area contributed by atoms with Gasteiger partial charge in [-0.25, -0.2) is 0 Å². The number of ether oxygens (including phenoxy) is 3. The van der Waals surface area contributed by atoms with Gasteiger partial charge in [-0.15, -0.1) is 10.2 Å². The number of hydrogen-bond donors (Lipinski definition) is 1. The van der Waals surface area contributed by atoms with Crippen LogP contribution >= 0.6 is 0 Å². The van der Waals surface area contributed by atoms with Crippen molar-refractivity contribution in [3.05, 3.63) is 66.2 Å². The number of anilines is 1. The molecule has 0 spiro atoms. The lowest BCUT2D eigenvalue weighted by atomic mass is 9.87. The molecule has 176 valence electrons. The molecule has 2 aromatic carbocycles. The molecule has 1 heterocycles. The Bertz CT molecular complexity index is 1110. The van der Waals surface area contributed by atoms with Gasteiger partial charge in [-0.2, -0.15) is 0 Å². The third kappa shape index (κ3) is 5.70. The van der Waals surface area contributed by atoms with Gasteiger partial charge in [-0.1, -0.05) is 0 Å². The topological polar surface area (TPSA) is 99.6 Å². The van der Waals surface area contributed by atoms with E-state index in [4.69, 9.17) is 14.2 Å². The molecule has 1 aliphatic carbocycles. The number of hydrogen-bond acceptors (Lipinski definition) is 7. The zero-order valence-corrected chi connectivity index (χ0v) is 19.2. The maximum atomic E-state index is 12.6. The van der Waals surface area contributed by atoms with E-state index in [-0.39, 0.29) is 23.9 Å². The van der Waals surface area contributed by atoms with Crippen molar-refractivity contribution in [3.63, 3.8) is 0 Å². The first-order valence-electron chi connectivity index (χ1n) is 11.2. The summed E-state index contributed by atoms with van der Waals surface area (Å²) < 4.78 is 16.0. The van der Waals surface area contributed by atoms with Crippen molar-refractivity contribution in [1.29, 1.82) is 0 Å². The van der Waals surface area contributed by atoms with Crippen LogP contribution in [0.1, 0.15) is 36.0 Å². The summed E-state index contributed by atoms with van der Waals surface area (Å²) in [6.45, 7) is 0. The van der Waals surface area contributed by atoms with Gasteiger partial charge >= 0.3 is 5.97 Å². The highest BCUT2D eigenvalue weighted by molar-refractivity contribution is 6.03. The fourth-order valence-electron chi connectivity index (χ4n) is 3.96. The summed E-state index contributed by atoms with van der Waals surface area (Å²) in [6.07, 6.45) is 3.17. The van der Waals surface area contributed by atoms with Crippen LogP contribution in [0.4, 0.5) is 5.82 Å². The Balaban J connectivity index is 1.30. The monoisotopic (exact) mass is 461 g/mol. The smallest absolute Gasteiger partial charge is 0.308 e. The second-order valence-electron chi connectivity index (χ2n) is 8.13. The zero-order valence-electron chi connectivity index (χ0n) is 19.2. The van der Waals surface area contributed by atoms with Crippen molar-refractivity contribution in [2.45, 2.75) is 31.8 Å². The van der Waals surface area contributed by atoms with E-state index in [2.05, 4.69) is 15.5 Å². The molecule has 1 aliphatic rings. The van der Waals surface area contributed by atoms with Gasteiger partial charge in [0.25, 0.3) is 5.91 Å². The Morgan fingerprint density at radius 1 is 0.824 bits per heavy atom. The van der Waals surface area contributed by atoms with Gasteiger partial charge in [0.2, 0.25) is 0 Å². The quantitative estimate of drug-likeness (QED) is 0.517. The Morgan fingerprint density at radius 3 is 2.09 bits per heavy atom. The fourth-order valence-corrected chi connectivity index (χ4v) is 3.96. The zero-order chi connectivity index (χ0) is 23.9. The highest BCUT2D eigenvalue weighted by Gasteiger charge is 2.27. The predicted octanol–water partition coefficient (Wildman–Crippen LogP) is 4.52. The third-order valence-electron chi connectivity index (χ3n) is 5.92. The van der Waals surface area contributed by atoms with Crippen LogP contribution in [0.25, 0.3) is 11.3 Å². The first kappa shape index (κ1) is 23.2. The van der Waals surface area contributed by atoms with Crippen LogP contribution in [0, 0.1) is 5.92 Å². The predicted molar refractivity (Wildman–Crippen MR) is 127 cm³/mol. The summed E-state index contributed by atoms with van der Waals surface area (Å²) >= 11 is 0. The molecule has 0 saturated heterocycles.